The summed E-state index contributed by atoms with van der Waals surface area (Å²) in [6.45, 7) is 22.1. The number of hydrogen-bond acceptors (Lipinski definition) is 14. The molecule has 1 saturated carbocycles. The minimum Gasteiger partial charge on any atom is -0.407 e. The van der Waals surface area contributed by atoms with Crippen LogP contribution in [0, 0.1) is 0 Å². The lowest BCUT2D eigenvalue weighted by atomic mass is 9.73. The van der Waals surface area contributed by atoms with E-state index in [2.05, 4.69) is 31.0 Å². The van der Waals surface area contributed by atoms with Crippen molar-refractivity contribution in [3.63, 3.8) is 0 Å². The lowest BCUT2D eigenvalue weighted by molar-refractivity contribution is -0.479. The second-order valence-corrected chi connectivity index (χ2v) is 21.3. The summed E-state index contributed by atoms with van der Waals surface area (Å²) in [4.78, 5) is 0. The number of fused-ring (bicyclic) bond motifs is 6. The molecule has 0 aromatic rings. The molecule has 4 saturated heterocycles. The molecule has 4 aliphatic heterocycles. The minimum absolute atomic E-state index is 0.301. The van der Waals surface area contributed by atoms with Crippen LogP contribution < -0.4 is 5.32 Å². The van der Waals surface area contributed by atoms with Gasteiger partial charge in [0.05, 0.1) is 19.3 Å². The number of nitrogens with one attached hydrogen (secondary N) is 1. The van der Waals surface area contributed by atoms with Gasteiger partial charge in [-0.1, -0.05) is 6.08 Å². The van der Waals surface area contributed by atoms with Crippen LogP contribution in [0.15, 0.2) is 11.6 Å². The number of rotatable bonds is 8. The van der Waals surface area contributed by atoms with Crippen LogP contribution in [0.2, 0.25) is 19.6 Å². The fourth-order valence-corrected chi connectivity index (χ4v) is 9.84. The molecule has 6 aliphatic rings. The molecule has 0 radical (unpaired) electrons. The Balaban J connectivity index is 1.44. The van der Waals surface area contributed by atoms with Crippen molar-refractivity contribution >= 4 is 8.32 Å². The van der Waals surface area contributed by atoms with Gasteiger partial charge in [-0.25, -0.2) is 0 Å². The first kappa shape index (κ1) is 39.1. The quantitative estimate of drug-likeness (QED) is 0.288. The Bertz CT molecular complexity index is 1310. The Morgan fingerprint density at radius 3 is 1.68 bits per heavy atom. The average Bonchev–Trinajstić information content (AvgIpc) is 3.03. The minimum atomic E-state index is -2.20. The molecule has 14 nitrogen and oxygen atoms in total. The fourth-order valence-electron chi connectivity index (χ4n) is 8.37. The van der Waals surface area contributed by atoms with Crippen LogP contribution in [0.5, 0.6) is 0 Å². The zero-order valence-corrected chi connectivity index (χ0v) is 33.6. The van der Waals surface area contributed by atoms with E-state index in [4.69, 9.17) is 61.3 Å². The Morgan fingerprint density at radius 2 is 1.14 bits per heavy atom. The molecule has 13 atom stereocenters. The molecule has 0 spiro atoms. The van der Waals surface area contributed by atoms with Gasteiger partial charge in [0.25, 0.3) is 0 Å². The van der Waals surface area contributed by atoms with Crippen LogP contribution in [-0.4, -0.2) is 139 Å². The van der Waals surface area contributed by atoms with Crippen molar-refractivity contribution < 1.29 is 61.3 Å². The topological polar surface area (TPSA) is 132 Å². The summed E-state index contributed by atoms with van der Waals surface area (Å²) >= 11 is 0. The number of hydrogen-bond donors (Lipinski definition) is 1. The van der Waals surface area contributed by atoms with Crippen molar-refractivity contribution in [3.05, 3.63) is 11.6 Å². The standard InChI is InChI=1S/C35H61NO13Si/c1-29(2)41-18-20-16-21(24-26(23(20)43-29)46-33(7,39-11)31(5,37-9)44-24)36-22-17-35(49-50(13,14)15)19-42-30(3,4)48-28(35)27-25(22)45-32(6,38-10)34(8,40-12)47-27/h16,21-28,36H,17-19H2,1-15H3/t21-,22-,23+,24-,25-,26-,27+,28-,31+,32+,33+,34+,35-/m0/s1. The zero-order chi connectivity index (χ0) is 36.9. The highest BCUT2D eigenvalue weighted by atomic mass is 28.4. The highest BCUT2D eigenvalue weighted by molar-refractivity contribution is 6.69. The van der Waals surface area contributed by atoms with Gasteiger partial charge in [-0.3, -0.25) is 0 Å². The molecule has 1 N–H and O–H groups in total. The Labute approximate surface area is 298 Å². The first-order valence-electron chi connectivity index (χ1n) is 17.7. The summed E-state index contributed by atoms with van der Waals surface area (Å²) in [5, 5.41) is 3.92. The molecular formula is C35H61NO13Si. The Kier molecular flexibility index (Phi) is 9.96. The summed E-state index contributed by atoms with van der Waals surface area (Å²) in [5.74, 6) is -6.75. The van der Waals surface area contributed by atoms with Gasteiger partial charge < -0.3 is 66.6 Å². The summed E-state index contributed by atoms with van der Waals surface area (Å²) in [6.07, 6.45) is -0.751. The predicted molar refractivity (Wildman–Crippen MR) is 182 cm³/mol. The zero-order valence-electron chi connectivity index (χ0n) is 32.6. The van der Waals surface area contributed by atoms with Gasteiger partial charge in [-0.05, 0) is 87.0 Å². The molecular weight excluding hydrogens is 670 g/mol. The van der Waals surface area contributed by atoms with Crippen molar-refractivity contribution in [2.75, 3.05) is 41.7 Å². The summed E-state index contributed by atoms with van der Waals surface area (Å²) < 4.78 is 84.4. The smallest absolute Gasteiger partial charge is 0.220 e. The van der Waals surface area contributed by atoms with E-state index in [0.29, 0.717) is 19.6 Å². The van der Waals surface area contributed by atoms with Gasteiger partial charge in [0.1, 0.15) is 42.2 Å². The maximum atomic E-state index is 7.11. The molecule has 6 rings (SSSR count). The highest BCUT2D eigenvalue weighted by Crippen LogP contribution is 2.52. The maximum absolute atomic E-state index is 7.11. The van der Waals surface area contributed by atoms with E-state index in [1.165, 1.54) is 0 Å². The number of methoxy groups -OCH3 is 4. The molecule has 50 heavy (non-hydrogen) atoms. The van der Waals surface area contributed by atoms with E-state index < -0.39 is 91.3 Å². The maximum Gasteiger partial charge on any atom is 0.220 e. The van der Waals surface area contributed by atoms with Crippen molar-refractivity contribution in [3.8, 4) is 0 Å². The van der Waals surface area contributed by atoms with Crippen molar-refractivity contribution in [1.82, 2.24) is 5.32 Å². The fraction of sp³-hybridized carbons (Fsp3) is 0.943. The average molecular weight is 732 g/mol. The summed E-state index contributed by atoms with van der Waals surface area (Å²) in [5.41, 5.74) is 0.0623. The van der Waals surface area contributed by atoms with Crippen LogP contribution >= 0.6 is 0 Å². The van der Waals surface area contributed by atoms with E-state index in [-0.39, 0.29) is 6.04 Å². The van der Waals surface area contributed by atoms with Gasteiger partial charge in [0.15, 0.2) is 19.9 Å². The van der Waals surface area contributed by atoms with Gasteiger partial charge in [-0.15, -0.1) is 0 Å². The molecule has 288 valence electrons. The largest absolute Gasteiger partial charge is 0.407 e. The van der Waals surface area contributed by atoms with Gasteiger partial charge in [0.2, 0.25) is 23.1 Å². The summed E-state index contributed by atoms with van der Waals surface area (Å²) in [6, 6.07) is -0.803. The Hall–Kier alpha value is -0.603. The monoisotopic (exact) mass is 731 g/mol. The van der Waals surface area contributed by atoms with Crippen LogP contribution in [0.4, 0.5) is 0 Å². The van der Waals surface area contributed by atoms with E-state index >= 15 is 0 Å². The van der Waals surface area contributed by atoms with Crippen molar-refractivity contribution in [1.29, 1.82) is 0 Å². The normalized spacial score (nSPS) is 49.9. The first-order chi connectivity index (χ1) is 23.0. The third-order valence-electron chi connectivity index (χ3n) is 11.5. The van der Waals surface area contributed by atoms with Crippen LogP contribution in [0.25, 0.3) is 0 Å². The van der Waals surface area contributed by atoms with E-state index in [1.807, 2.05) is 55.4 Å². The lowest BCUT2D eigenvalue weighted by Gasteiger charge is -2.63. The van der Waals surface area contributed by atoms with E-state index in [1.54, 1.807) is 28.4 Å². The van der Waals surface area contributed by atoms with Crippen molar-refractivity contribution in [2.45, 2.75) is 170 Å². The SMILES string of the molecule is CO[C@]1(C)O[C@@H]2[C@@H](O[C@@]1(C)OC)[C@@H]1OC(C)(C)OCC1=C[C@@H]2N[C@H]1C[C@]2(O[Si](C)(C)C)COC(C)(C)O[C@H]2[C@@H]2O[C@@](C)(OC)[C@](C)(OC)O[C@H]21. The molecule has 0 aromatic carbocycles. The van der Waals surface area contributed by atoms with Gasteiger partial charge in [-0.2, -0.15) is 0 Å². The molecule has 0 amide bonds. The van der Waals surface area contributed by atoms with Crippen LogP contribution in [0.1, 0.15) is 61.8 Å². The Morgan fingerprint density at radius 1 is 0.640 bits per heavy atom. The molecule has 2 aliphatic carbocycles. The van der Waals surface area contributed by atoms with Gasteiger partial charge in [0, 0.05) is 34.5 Å². The van der Waals surface area contributed by atoms with Crippen LogP contribution in [-0.2, 0) is 61.3 Å². The van der Waals surface area contributed by atoms with E-state index in [9.17, 15) is 0 Å². The highest BCUT2D eigenvalue weighted by Gasteiger charge is 2.69. The molecule has 0 aromatic heterocycles. The second-order valence-electron chi connectivity index (χ2n) is 16.9. The van der Waals surface area contributed by atoms with Gasteiger partial charge >= 0.3 is 0 Å². The third kappa shape index (κ3) is 6.49. The summed E-state index contributed by atoms with van der Waals surface area (Å²) in [7, 11) is 4.14. The third-order valence-corrected chi connectivity index (χ3v) is 12.5. The van der Waals surface area contributed by atoms with Crippen LogP contribution in [0.3, 0.4) is 0 Å². The second kappa shape index (κ2) is 12.7. The lowest BCUT2D eigenvalue weighted by Crippen LogP contribution is -2.80. The molecule has 0 unspecified atom stereocenters. The van der Waals surface area contributed by atoms with E-state index in [0.717, 1.165) is 5.57 Å². The molecule has 5 fully saturated rings. The molecule has 4 heterocycles. The molecule has 15 heteroatoms. The number of ether oxygens (including phenoxy) is 12. The first-order valence-corrected chi connectivity index (χ1v) is 21.1. The molecule has 0 bridgehead atoms. The van der Waals surface area contributed by atoms with Crippen molar-refractivity contribution in [2.24, 2.45) is 0 Å². The predicted octanol–water partition coefficient (Wildman–Crippen LogP) is 3.57.